The van der Waals surface area contributed by atoms with Gasteiger partial charge in [-0.05, 0) is 66.8 Å². The number of aromatic nitrogens is 3. The van der Waals surface area contributed by atoms with Crippen LogP contribution in [0.2, 0.25) is 0 Å². The Bertz CT molecular complexity index is 1440. The summed E-state index contributed by atoms with van der Waals surface area (Å²) in [5, 5.41) is 13.6. The highest BCUT2D eigenvalue weighted by Gasteiger charge is 2.48. The number of fused-ring (bicyclic) bond motifs is 2. The van der Waals surface area contributed by atoms with Gasteiger partial charge in [0.1, 0.15) is 5.69 Å². The third-order valence-corrected chi connectivity index (χ3v) is 7.73. The van der Waals surface area contributed by atoms with Crippen molar-refractivity contribution in [1.29, 1.82) is 0 Å². The van der Waals surface area contributed by atoms with Crippen molar-refractivity contribution in [2.75, 3.05) is 11.9 Å². The number of nitrogens with zero attached hydrogens (tertiary/aromatic N) is 4. The Hall–Kier alpha value is -4.24. The molecule has 2 amide bonds. The Balaban J connectivity index is 1.14. The van der Waals surface area contributed by atoms with E-state index in [1.807, 2.05) is 42.5 Å². The maximum Gasteiger partial charge on any atom is 0.268 e. The maximum atomic E-state index is 13.2. The number of carbonyl (C=O) groups is 2. The molecule has 1 aliphatic heterocycles. The van der Waals surface area contributed by atoms with E-state index in [1.165, 1.54) is 31.0 Å². The number of nitrogens with one attached hydrogen (secondary N) is 2. The van der Waals surface area contributed by atoms with Crippen LogP contribution < -0.4 is 10.6 Å². The first-order valence-electron chi connectivity index (χ1n) is 13.0. The quantitative estimate of drug-likeness (QED) is 0.384. The molecule has 6 rings (SSSR count). The Kier molecular flexibility index (Phi) is 6.29. The molecule has 0 saturated heterocycles. The van der Waals surface area contributed by atoms with Crippen LogP contribution in [0.3, 0.4) is 0 Å². The summed E-state index contributed by atoms with van der Waals surface area (Å²) in [5.74, 6) is 0.350. The number of amides is 2. The van der Waals surface area contributed by atoms with Gasteiger partial charge in [-0.1, -0.05) is 24.3 Å². The number of carbonyl (C=O) groups excluding carboxylic acids is 2. The molecule has 2 aromatic heterocycles. The number of benzene rings is 2. The molecule has 0 unspecified atom stereocenters. The van der Waals surface area contributed by atoms with Crippen molar-refractivity contribution in [2.24, 2.45) is 0 Å². The van der Waals surface area contributed by atoms with Crippen molar-refractivity contribution in [1.82, 2.24) is 25.0 Å². The topological polar surface area (TPSA) is 105 Å². The zero-order chi connectivity index (χ0) is 26.1. The fourth-order valence-corrected chi connectivity index (χ4v) is 5.68. The second-order valence-electron chi connectivity index (χ2n) is 10.1. The summed E-state index contributed by atoms with van der Waals surface area (Å²) in [6.45, 7) is 4.42. The first-order valence-corrected chi connectivity index (χ1v) is 13.0. The van der Waals surface area contributed by atoms with Gasteiger partial charge in [0.2, 0.25) is 18.2 Å². The van der Waals surface area contributed by atoms with Gasteiger partial charge in [-0.15, -0.1) is 10.2 Å². The van der Waals surface area contributed by atoms with Gasteiger partial charge in [0.15, 0.2) is 0 Å². The average Bonchev–Trinajstić information content (AvgIpc) is 3.58. The van der Waals surface area contributed by atoms with Gasteiger partial charge in [-0.2, -0.15) is 0 Å². The van der Waals surface area contributed by atoms with Crippen LogP contribution in [0.5, 0.6) is 0 Å². The van der Waals surface area contributed by atoms with E-state index in [0.717, 1.165) is 49.3 Å². The molecule has 3 heterocycles. The van der Waals surface area contributed by atoms with Gasteiger partial charge in [0, 0.05) is 50.0 Å². The second kappa shape index (κ2) is 9.90. The molecular formula is C29H30N6O3. The van der Waals surface area contributed by atoms with E-state index in [0.29, 0.717) is 18.1 Å². The summed E-state index contributed by atoms with van der Waals surface area (Å²) in [5.41, 5.74) is 5.79. The zero-order valence-corrected chi connectivity index (χ0v) is 21.3. The molecule has 2 N–H and O–H groups in total. The van der Waals surface area contributed by atoms with E-state index in [9.17, 15) is 9.59 Å². The van der Waals surface area contributed by atoms with Crippen molar-refractivity contribution in [3.05, 3.63) is 89.6 Å². The molecule has 9 nitrogen and oxygen atoms in total. The normalized spacial score (nSPS) is 16.0. The Morgan fingerprint density at radius 1 is 0.974 bits per heavy atom. The minimum Gasteiger partial charge on any atom is -0.423 e. The van der Waals surface area contributed by atoms with E-state index in [4.69, 9.17) is 4.42 Å². The molecule has 1 fully saturated rings. The molecule has 2 aliphatic rings. The van der Waals surface area contributed by atoms with Crippen LogP contribution in [0.4, 0.5) is 5.69 Å². The summed E-state index contributed by atoms with van der Waals surface area (Å²) in [6.07, 6.45) is 4.72. The van der Waals surface area contributed by atoms with Crippen LogP contribution >= 0.6 is 0 Å². The highest BCUT2D eigenvalue weighted by atomic mass is 16.4. The average molecular weight is 511 g/mol. The monoisotopic (exact) mass is 510 g/mol. The first-order chi connectivity index (χ1) is 18.5. The Labute approximate surface area is 220 Å². The molecule has 38 heavy (non-hydrogen) atoms. The van der Waals surface area contributed by atoms with Crippen LogP contribution in [0.15, 0.2) is 71.5 Å². The number of rotatable bonds is 7. The first kappa shape index (κ1) is 24.1. The SMILES string of the molecule is CC(=O)Nc1ccc(CNC(=O)c2ccc3n2CCN(Cc2ccc(-c4nnco4)cc2)C32CCC2)cc1. The lowest BCUT2D eigenvalue weighted by atomic mass is 9.71. The Morgan fingerprint density at radius 2 is 1.74 bits per heavy atom. The molecule has 1 saturated carbocycles. The fourth-order valence-electron chi connectivity index (χ4n) is 5.68. The highest BCUT2D eigenvalue weighted by molar-refractivity contribution is 5.93. The van der Waals surface area contributed by atoms with Crippen LogP contribution in [-0.2, 0) is 30.0 Å². The molecule has 0 radical (unpaired) electrons. The molecule has 1 aliphatic carbocycles. The van der Waals surface area contributed by atoms with Gasteiger partial charge in [0.05, 0.1) is 5.54 Å². The van der Waals surface area contributed by atoms with Gasteiger partial charge >= 0.3 is 0 Å². The molecule has 0 bridgehead atoms. The molecule has 4 aromatic rings. The summed E-state index contributed by atoms with van der Waals surface area (Å²) in [6, 6.07) is 19.9. The minimum absolute atomic E-state index is 0.0263. The van der Waals surface area contributed by atoms with E-state index in [2.05, 4.69) is 48.5 Å². The largest absolute Gasteiger partial charge is 0.423 e. The van der Waals surface area contributed by atoms with Crippen molar-refractivity contribution < 1.29 is 14.0 Å². The summed E-state index contributed by atoms with van der Waals surface area (Å²) in [4.78, 5) is 27.0. The van der Waals surface area contributed by atoms with Crippen LogP contribution in [0.1, 0.15) is 53.5 Å². The predicted molar refractivity (Wildman–Crippen MR) is 142 cm³/mol. The third-order valence-electron chi connectivity index (χ3n) is 7.73. The molecule has 1 spiro atoms. The summed E-state index contributed by atoms with van der Waals surface area (Å²) >= 11 is 0. The lowest BCUT2D eigenvalue weighted by Crippen LogP contribution is -2.56. The van der Waals surface area contributed by atoms with E-state index in [-0.39, 0.29) is 17.4 Å². The Morgan fingerprint density at radius 3 is 2.39 bits per heavy atom. The second-order valence-corrected chi connectivity index (χ2v) is 10.1. The number of anilines is 1. The highest BCUT2D eigenvalue weighted by Crippen LogP contribution is 2.49. The van der Waals surface area contributed by atoms with Crippen molar-refractivity contribution in [3.8, 4) is 11.5 Å². The van der Waals surface area contributed by atoms with Crippen molar-refractivity contribution in [2.45, 2.75) is 51.4 Å². The lowest BCUT2D eigenvalue weighted by Gasteiger charge is -2.53. The predicted octanol–water partition coefficient (Wildman–Crippen LogP) is 4.32. The van der Waals surface area contributed by atoms with Crippen molar-refractivity contribution >= 4 is 17.5 Å². The summed E-state index contributed by atoms with van der Waals surface area (Å²) in [7, 11) is 0. The molecule has 2 aromatic carbocycles. The minimum atomic E-state index is -0.106. The standard InChI is InChI=1S/C29H30N6O3/c1-20(36)32-24-9-5-21(6-10-24)17-30-27(37)25-11-12-26-29(13-2-14-29)34(15-16-35(25)26)18-22-3-7-23(8-4-22)28-33-31-19-38-28/h3-12,19H,2,13-18H2,1H3,(H,30,37)(H,32,36). The van der Waals surface area contributed by atoms with E-state index < -0.39 is 0 Å². The van der Waals surface area contributed by atoms with Gasteiger partial charge in [-0.25, -0.2) is 0 Å². The fraction of sp³-hybridized carbons (Fsp3) is 0.310. The number of hydrogen-bond acceptors (Lipinski definition) is 6. The number of hydrogen-bond donors (Lipinski definition) is 2. The molecule has 0 atom stereocenters. The maximum absolute atomic E-state index is 13.2. The van der Waals surface area contributed by atoms with Crippen LogP contribution in [0, 0.1) is 0 Å². The third kappa shape index (κ3) is 4.50. The van der Waals surface area contributed by atoms with Crippen molar-refractivity contribution in [3.63, 3.8) is 0 Å². The van der Waals surface area contributed by atoms with Crippen LogP contribution in [0.25, 0.3) is 11.5 Å². The van der Waals surface area contributed by atoms with E-state index >= 15 is 0 Å². The molecule has 194 valence electrons. The smallest absolute Gasteiger partial charge is 0.268 e. The van der Waals surface area contributed by atoms with Gasteiger partial charge in [0.25, 0.3) is 5.91 Å². The molecular weight excluding hydrogens is 480 g/mol. The zero-order valence-electron chi connectivity index (χ0n) is 21.3. The lowest BCUT2D eigenvalue weighted by molar-refractivity contribution is -0.114. The van der Waals surface area contributed by atoms with Crippen LogP contribution in [-0.4, -0.2) is 38.0 Å². The van der Waals surface area contributed by atoms with E-state index in [1.54, 1.807) is 0 Å². The molecule has 9 heteroatoms. The summed E-state index contributed by atoms with van der Waals surface area (Å²) < 4.78 is 7.52. The van der Waals surface area contributed by atoms with Gasteiger partial charge < -0.3 is 19.6 Å². The van der Waals surface area contributed by atoms with Gasteiger partial charge in [-0.3, -0.25) is 14.5 Å².